The number of morpholine rings is 1. The predicted octanol–water partition coefficient (Wildman–Crippen LogP) is 3.86. The maximum absolute atomic E-state index is 12.3. The highest BCUT2D eigenvalue weighted by Crippen LogP contribution is 2.32. The van der Waals surface area contributed by atoms with Crippen LogP contribution in [0.4, 0.5) is 0 Å². The number of carbonyl (C=O) groups is 1. The summed E-state index contributed by atoms with van der Waals surface area (Å²) in [5, 5.41) is 0. The normalized spacial score (nSPS) is 20.2. The van der Waals surface area contributed by atoms with Crippen molar-refractivity contribution in [2.24, 2.45) is 17.3 Å². The average Bonchev–Trinajstić information content (AvgIpc) is 2.41. The van der Waals surface area contributed by atoms with Gasteiger partial charge in [0.2, 0.25) is 0 Å². The van der Waals surface area contributed by atoms with Crippen LogP contribution in [-0.4, -0.2) is 42.8 Å². The summed E-state index contributed by atoms with van der Waals surface area (Å²) < 4.78 is 11.0. The van der Waals surface area contributed by atoms with Crippen LogP contribution in [0.1, 0.15) is 55.4 Å². The first kappa shape index (κ1) is 20.0. The molecule has 0 aliphatic carbocycles. The van der Waals surface area contributed by atoms with Gasteiger partial charge < -0.3 is 14.4 Å². The molecule has 1 rings (SSSR count). The topological polar surface area (TPSA) is 38.8 Å². The van der Waals surface area contributed by atoms with Gasteiger partial charge in [-0.1, -0.05) is 40.7 Å². The van der Waals surface area contributed by atoms with Crippen molar-refractivity contribution in [2.75, 3.05) is 26.3 Å². The molecule has 0 N–H and O–H groups in total. The van der Waals surface area contributed by atoms with E-state index in [1.54, 1.807) is 0 Å². The van der Waals surface area contributed by atoms with Crippen molar-refractivity contribution >= 4 is 5.97 Å². The molecule has 4 heteroatoms. The minimum absolute atomic E-state index is 0.0409. The lowest BCUT2D eigenvalue weighted by atomic mass is 9.85. The second kappa shape index (κ2) is 7.69. The number of carbonyl (C=O) groups excluding carboxylic acids is 1. The molecule has 0 bridgehead atoms. The Hall–Kier alpha value is -1.03. The summed E-state index contributed by atoms with van der Waals surface area (Å²) in [6.45, 7) is 19.8. The van der Waals surface area contributed by atoms with Gasteiger partial charge in [0.05, 0.1) is 19.1 Å². The maximum Gasteiger partial charge on any atom is 0.309 e. The summed E-state index contributed by atoms with van der Waals surface area (Å²) in [5.74, 6) is -0.161. The van der Waals surface area contributed by atoms with E-state index in [0.717, 1.165) is 26.3 Å². The van der Waals surface area contributed by atoms with Gasteiger partial charge in [-0.2, -0.15) is 0 Å². The second-order valence-electron chi connectivity index (χ2n) is 8.58. The lowest BCUT2D eigenvalue weighted by Crippen LogP contribution is -2.40. The second-order valence-corrected chi connectivity index (χ2v) is 8.58. The highest BCUT2D eigenvalue weighted by Gasteiger charge is 2.29. The minimum Gasteiger partial charge on any atom is -0.460 e. The molecule has 0 radical (unpaired) electrons. The molecule has 4 nitrogen and oxygen atoms in total. The lowest BCUT2D eigenvalue weighted by molar-refractivity contribution is -0.160. The van der Waals surface area contributed by atoms with Gasteiger partial charge in [0.25, 0.3) is 0 Å². The lowest BCUT2D eigenvalue weighted by Gasteiger charge is -2.38. The van der Waals surface area contributed by atoms with Crippen LogP contribution in [0, 0.1) is 17.3 Å². The third kappa shape index (κ3) is 6.54. The molecular weight excluding hydrogens is 290 g/mol. The summed E-state index contributed by atoms with van der Waals surface area (Å²) >= 11 is 0. The van der Waals surface area contributed by atoms with Crippen LogP contribution in [0.15, 0.2) is 11.8 Å². The maximum atomic E-state index is 12.3. The van der Waals surface area contributed by atoms with Gasteiger partial charge in [-0.25, -0.2) is 0 Å². The first-order valence-electron chi connectivity index (χ1n) is 8.69. The van der Waals surface area contributed by atoms with E-state index in [0.29, 0.717) is 0 Å². The molecule has 0 aromatic rings. The van der Waals surface area contributed by atoms with Gasteiger partial charge in [-0.3, -0.25) is 4.79 Å². The van der Waals surface area contributed by atoms with Crippen LogP contribution in [0.25, 0.3) is 0 Å². The van der Waals surface area contributed by atoms with E-state index in [1.165, 1.54) is 5.70 Å². The van der Waals surface area contributed by atoms with Gasteiger partial charge in [0, 0.05) is 24.2 Å². The molecular formula is C19H35NO3. The van der Waals surface area contributed by atoms with Crippen molar-refractivity contribution in [3.05, 3.63) is 11.8 Å². The first-order chi connectivity index (χ1) is 10.4. The van der Waals surface area contributed by atoms with Gasteiger partial charge in [0.1, 0.15) is 5.60 Å². The number of hydrogen-bond donors (Lipinski definition) is 0. The Bertz CT molecular complexity index is 423. The largest absolute Gasteiger partial charge is 0.460 e. The molecule has 0 unspecified atom stereocenters. The fourth-order valence-electron chi connectivity index (χ4n) is 2.64. The van der Waals surface area contributed by atoms with Gasteiger partial charge in [-0.15, -0.1) is 0 Å². The molecule has 1 saturated heterocycles. The number of ether oxygens (including phenoxy) is 2. The molecule has 2 atom stereocenters. The highest BCUT2D eigenvalue weighted by atomic mass is 16.6. The standard InChI is InChI=1S/C19H35NO3/c1-14(15(2)17(21)23-19(6,7)8)13-16(18(3,4)5)20-9-11-22-12-10-20/h13-15H,9-12H2,1-8H3/b16-13-/t14-,15-/m1/s1. The molecule has 1 fully saturated rings. The van der Waals surface area contributed by atoms with Crippen molar-refractivity contribution in [3.63, 3.8) is 0 Å². The van der Waals surface area contributed by atoms with Crippen molar-refractivity contribution in [1.29, 1.82) is 0 Å². The Kier molecular flexibility index (Phi) is 6.70. The molecule has 1 aliphatic heterocycles. The zero-order valence-electron chi connectivity index (χ0n) is 16.2. The van der Waals surface area contributed by atoms with Crippen molar-refractivity contribution in [1.82, 2.24) is 4.90 Å². The third-order valence-electron chi connectivity index (χ3n) is 4.11. The Morgan fingerprint density at radius 1 is 1.09 bits per heavy atom. The summed E-state index contributed by atoms with van der Waals surface area (Å²) in [6.07, 6.45) is 2.25. The van der Waals surface area contributed by atoms with Crippen LogP contribution in [0.2, 0.25) is 0 Å². The Morgan fingerprint density at radius 3 is 2.04 bits per heavy atom. The fourth-order valence-corrected chi connectivity index (χ4v) is 2.64. The molecule has 0 spiro atoms. The highest BCUT2D eigenvalue weighted by molar-refractivity contribution is 5.73. The van der Waals surface area contributed by atoms with Gasteiger partial charge in [-0.05, 0) is 26.7 Å². The molecule has 0 saturated carbocycles. The van der Waals surface area contributed by atoms with E-state index in [9.17, 15) is 4.79 Å². The van der Waals surface area contributed by atoms with Crippen molar-refractivity contribution in [2.45, 2.75) is 61.0 Å². The number of hydrogen-bond acceptors (Lipinski definition) is 4. The summed E-state index contributed by atoms with van der Waals surface area (Å²) in [5.41, 5.74) is 0.897. The zero-order valence-corrected chi connectivity index (χ0v) is 16.2. The molecule has 23 heavy (non-hydrogen) atoms. The Balaban J connectivity index is 2.90. The van der Waals surface area contributed by atoms with E-state index in [-0.39, 0.29) is 23.2 Å². The molecule has 134 valence electrons. The molecule has 0 aromatic heterocycles. The third-order valence-corrected chi connectivity index (χ3v) is 4.11. The van der Waals surface area contributed by atoms with E-state index < -0.39 is 5.60 Å². The van der Waals surface area contributed by atoms with E-state index in [2.05, 4.69) is 38.7 Å². The summed E-state index contributed by atoms with van der Waals surface area (Å²) in [4.78, 5) is 14.7. The minimum atomic E-state index is -0.439. The smallest absolute Gasteiger partial charge is 0.309 e. The average molecular weight is 325 g/mol. The van der Waals surface area contributed by atoms with Crippen molar-refractivity contribution in [3.8, 4) is 0 Å². The molecule has 0 aromatic carbocycles. The van der Waals surface area contributed by atoms with E-state index >= 15 is 0 Å². The van der Waals surface area contributed by atoms with Gasteiger partial charge in [0.15, 0.2) is 0 Å². The number of esters is 1. The van der Waals surface area contributed by atoms with Crippen LogP contribution < -0.4 is 0 Å². The quantitative estimate of drug-likeness (QED) is 0.736. The van der Waals surface area contributed by atoms with E-state index in [1.807, 2.05) is 27.7 Å². The molecule has 1 aliphatic rings. The Morgan fingerprint density at radius 2 is 1.61 bits per heavy atom. The van der Waals surface area contributed by atoms with Crippen LogP contribution in [0.3, 0.4) is 0 Å². The van der Waals surface area contributed by atoms with Gasteiger partial charge >= 0.3 is 5.97 Å². The SMILES string of the molecule is C[C@H](/C=C(\N1CCOCC1)C(C)(C)C)[C@@H](C)C(=O)OC(C)(C)C. The number of nitrogens with zero attached hydrogens (tertiary/aromatic N) is 1. The van der Waals surface area contributed by atoms with Crippen LogP contribution in [0.5, 0.6) is 0 Å². The van der Waals surface area contributed by atoms with Crippen LogP contribution >= 0.6 is 0 Å². The molecule has 0 amide bonds. The van der Waals surface area contributed by atoms with Crippen molar-refractivity contribution < 1.29 is 14.3 Å². The fraction of sp³-hybridized carbons (Fsp3) is 0.842. The molecule has 1 heterocycles. The first-order valence-corrected chi connectivity index (χ1v) is 8.69. The predicted molar refractivity (Wildman–Crippen MR) is 94.1 cm³/mol. The Labute approximate surface area is 142 Å². The summed E-state index contributed by atoms with van der Waals surface area (Å²) in [7, 11) is 0. The number of allylic oxidation sites excluding steroid dienone is 2. The monoisotopic (exact) mass is 325 g/mol. The van der Waals surface area contributed by atoms with E-state index in [4.69, 9.17) is 9.47 Å². The van der Waals surface area contributed by atoms with Crippen LogP contribution in [-0.2, 0) is 14.3 Å². The summed E-state index contributed by atoms with van der Waals surface area (Å²) in [6, 6.07) is 0. The number of rotatable bonds is 4. The zero-order chi connectivity index (χ0) is 17.8.